The van der Waals surface area contributed by atoms with E-state index in [1.54, 1.807) is 0 Å². The van der Waals surface area contributed by atoms with Gasteiger partial charge in [-0.15, -0.1) is 0 Å². The summed E-state index contributed by atoms with van der Waals surface area (Å²) in [5, 5.41) is 18.1. The average molecular weight is 223 g/mol. The first-order chi connectivity index (χ1) is 7.68. The van der Waals surface area contributed by atoms with Crippen molar-refractivity contribution >= 4 is 0 Å². The Balaban J connectivity index is 2.08. The fourth-order valence-electron chi connectivity index (χ4n) is 2.45. The van der Waals surface area contributed by atoms with Gasteiger partial charge < -0.3 is 10.4 Å². The summed E-state index contributed by atoms with van der Waals surface area (Å²) in [6.45, 7) is 2.91. The molecule has 0 unspecified atom stereocenters. The minimum atomic E-state index is -0.652. The SMILES string of the molecule is CCn1cc(C2(O)CCC(NC)CC2)cn1. The molecule has 0 radical (unpaired) electrons. The first-order valence-electron chi connectivity index (χ1n) is 6.10. The lowest BCUT2D eigenvalue weighted by molar-refractivity contribution is -0.00770. The van der Waals surface area contributed by atoms with E-state index in [9.17, 15) is 5.11 Å². The highest BCUT2D eigenvalue weighted by molar-refractivity contribution is 5.16. The van der Waals surface area contributed by atoms with Gasteiger partial charge in [0.15, 0.2) is 0 Å². The van der Waals surface area contributed by atoms with Crippen LogP contribution in [0.5, 0.6) is 0 Å². The van der Waals surface area contributed by atoms with E-state index < -0.39 is 5.60 Å². The number of hydrogen-bond acceptors (Lipinski definition) is 3. The average Bonchev–Trinajstić information content (AvgIpc) is 2.79. The van der Waals surface area contributed by atoms with E-state index in [4.69, 9.17) is 0 Å². The van der Waals surface area contributed by atoms with Gasteiger partial charge in [-0.25, -0.2) is 0 Å². The molecule has 4 heteroatoms. The third-order valence-corrected chi connectivity index (χ3v) is 3.72. The van der Waals surface area contributed by atoms with Crippen LogP contribution in [0, 0.1) is 0 Å². The van der Waals surface area contributed by atoms with Crippen LogP contribution in [0.4, 0.5) is 0 Å². The normalized spacial score (nSPS) is 30.6. The predicted octanol–water partition coefficient (Wildman–Crippen LogP) is 1.25. The molecule has 2 rings (SSSR count). The molecule has 0 amide bonds. The highest BCUT2D eigenvalue weighted by atomic mass is 16.3. The molecule has 0 aliphatic heterocycles. The molecule has 4 nitrogen and oxygen atoms in total. The van der Waals surface area contributed by atoms with Gasteiger partial charge in [0.25, 0.3) is 0 Å². The molecule has 2 N–H and O–H groups in total. The minimum Gasteiger partial charge on any atom is -0.385 e. The number of aliphatic hydroxyl groups is 1. The smallest absolute Gasteiger partial charge is 0.0928 e. The molecule has 1 aromatic rings. The van der Waals surface area contributed by atoms with E-state index in [-0.39, 0.29) is 0 Å². The summed E-state index contributed by atoms with van der Waals surface area (Å²) in [6, 6.07) is 0.557. The fourth-order valence-corrected chi connectivity index (χ4v) is 2.45. The van der Waals surface area contributed by atoms with Crippen molar-refractivity contribution in [3.63, 3.8) is 0 Å². The second kappa shape index (κ2) is 4.55. The third kappa shape index (κ3) is 2.13. The van der Waals surface area contributed by atoms with E-state index in [1.165, 1.54) is 0 Å². The molecule has 1 aliphatic carbocycles. The van der Waals surface area contributed by atoms with Gasteiger partial charge in [0.2, 0.25) is 0 Å². The van der Waals surface area contributed by atoms with Crippen molar-refractivity contribution in [2.24, 2.45) is 0 Å². The second-order valence-corrected chi connectivity index (χ2v) is 4.68. The van der Waals surface area contributed by atoms with Gasteiger partial charge in [0.05, 0.1) is 11.8 Å². The van der Waals surface area contributed by atoms with Gasteiger partial charge in [-0.2, -0.15) is 5.10 Å². The van der Waals surface area contributed by atoms with E-state index in [0.717, 1.165) is 37.8 Å². The van der Waals surface area contributed by atoms with E-state index in [2.05, 4.69) is 17.3 Å². The minimum absolute atomic E-state index is 0.557. The van der Waals surface area contributed by atoms with Crippen LogP contribution in [-0.2, 0) is 12.1 Å². The van der Waals surface area contributed by atoms with Gasteiger partial charge >= 0.3 is 0 Å². The highest BCUT2D eigenvalue weighted by Crippen LogP contribution is 2.36. The molecule has 16 heavy (non-hydrogen) atoms. The number of nitrogens with one attached hydrogen (secondary N) is 1. The molecular weight excluding hydrogens is 202 g/mol. The Morgan fingerprint density at radius 1 is 1.56 bits per heavy atom. The largest absolute Gasteiger partial charge is 0.385 e. The van der Waals surface area contributed by atoms with Crippen molar-refractivity contribution in [1.82, 2.24) is 15.1 Å². The summed E-state index contributed by atoms with van der Waals surface area (Å²) in [5.74, 6) is 0. The monoisotopic (exact) mass is 223 g/mol. The standard InChI is InChI=1S/C12H21N3O/c1-3-15-9-10(8-14-15)12(16)6-4-11(13-2)5-7-12/h8-9,11,13,16H,3-7H2,1-2H3. The molecule has 0 saturated heterocycles. The maximum absolute atomic E-state index is 10.6. The maximum Gasteiger partial charge on any atom is 0.0928 e. The van der Waals surface area contributed by atoms with E-state index in [1.807, 2.05) is 24.1 Å². The van der Waals surface area contributed by atoms with Crippen LogP contribution in [0.2, 0.25) is 0 Å². The molecular formula is C12H21N3O. The molecule has 0 atom stereocenters. The molecule has 90 valence electrons. The lowest BCUT2D eigenvalue weighted by Crippen LogP contribution is -2.38. The fraction of sp³-hybridized carbons (Fsp3) is 0.750. The lowest BCUT2D eigenvalue weighted by Gasteiger charge is -2.35. The molecule has 0 spiro atoms. The van der Waals surface area contributed by atoms with Crippen molar-refractivity contribution in [3.8, 4) is 0 Å². The zero-order valence-corrected chi connectivity index (χ0v) is 10.1. The summed E-state index contributed by atoms with van der Waals surface area (Å²) in [7, 11) is 1.99. The van der Waals surface area contributed by atoms with Gasteiger partial charge in [0.1, 0.15) is 0 Å². The summed E-state index contributed by atoms with van der Waals surface area (Å²) in [6.07, 6.45) is 7.50. The van der Waals surface area contributed by atoms with Gasteiger partial charge in [-0.05, 0) is 39.7 Å². The van der Waals surface area contributed by atoms with Crippen molar-refractivity contribution in [3.05, 3.63) is 18.0 Å². The molecule has 1 heterocycles. The summed E-state index contributed by atoms with van der Waals surface area (Å²) < 4.78 is 1.87. The first-order valence-corrected chi connectivity index (χ1v) is 6.10. The first kappa shape index (κ1) is 11.6. The highest BCUT2D eigenvalue weighted by Gasteiger charge is 2.35. The third-order valence-electron chi connectivity index (χ3n) is 3.72. The number of hydrogen-bond donors (Lipinski definition) is 2. The Hall–Kier alpha value is -0.870. The molecule has 1 aliphatic rings. The summed E-state index contributed by atoms with van der Waals surface area (Å²) in [5.41, 5.74) is 0.324. The maximum atomic E-state index is 10.6. The number of rotatable bonds is 3. The Morgan fingerprint density at radius 2 is 2.25 bits per heavy atom. The van der Waals surface area contributed by atoms with Gasteiger partial charge in [-0.1, -0.05) is 0 Å². The van der Waals surface area contributed by atoms with E-state index in [0.29, 0.717) is 6.04 Å². The molecule has 0 aromatic carbocycles. The predicted molar refractivity (Wildman–Crippen MR) is 63.1 cm³/mol. The summed E-state index contributed by atoms with van der Waals surface area (Å²) >= 11 is 0. The van der Waals surface area contributed by atoms with Crippen LogP contribution >= 0.6 is 0 Å². The van der Waals surface area contributed by atoms with Gasteiger partial charge in [-0.3, -0.25) is 4.68 Å². The number of nitrogens with zero attached hydrogens (tertiary/aromatic N) is 2. The molecule has 1 aromatic heterocycles. The Morgan fingerprint density at radius 3 is 2.75 bits per heavy atom. The topological polar surface area (TPSA) is 50.1 Å². The van der Waals surface area contributed by atoms with Crippen LogP contribution in [0.15, 0.2) is 12.4 Å². The lowest BCUT2D eigenvalue weighted by atomic mass is 9.79. The molecule has 1 fully saturated rings. The number of aryl methyl sites for hydroxylation is 1. The summed E-state index contributed by atoms with van der Waals surface area (Å²) in [4.78, 5) is 0. The van der Waals surface area contributed by atoms with Gasteiger partial charge in [0, 0.05) is 24.3 Å². The van der Waals surface area contributed by atoms with Crippen LogP contribution in [0.25, 0.3) is 0 Å². The van der Waals surface area contributed by atoms with Crippen molar-refractivity contribution < 1.29 is 5.11 Å². The van der Waals surface area contributed by atoms with Crippen molar-refractivity contribution in [2.75, 3.05) is 7.05 Å². The van der Waals surface area contributed by atoms with Crippen LogP contribution in [0.3, 0.4) is 0 Å². The van der Waals surface area contributed by atoms with Crippen LogP contribution in [-0.4, -0.2) is 28.0 Å². The zero-order valence-electron chi connectivity index (χ0n) is 10.1. The van der Waals surface area contributed by atoms with Crippen molar-refractivity contribution in [1.29, 1.82) is 0 Å². The second-order valence-electron chi connectivity index (χ2n) is 4.68. The number of aromatic nitrogens is 2. The Bertz CT molecular complexity index is 340. The van der Waals surface area contributed by atoms with Crippen LogP contribution < -0.4 is 5.32 Å². The molecule has 0 bridgehead atoms. The zero-order chi connectivity index (χ0) is 11.6. The Kier molecular flexibility index (Phi) is 3.30. The quantitative estimate of drug-likeness (QED) is 0.811. The van der Waals surface area contributed by atoms with Crippen molar-refractivity contribution in [2.45, 2.75) is 50.8 Å². The Labute approximate surface area is 96.7 Å². The van der Waals surface area contributed by atoms with E-state index >= 15 is 0 Å². The van der Waals surface area contributed by atoms with Crippen LogP contribution in [0.1, 0.15) is 38.2 Å². The molecule has 1 saturated carbocycles.